The zero-order valence-corrected chi connectivity index (χ0v) is 15.3. The molecule has 0 amide bonds. The van der Waals surface area contributed by atoms with E-state index < -0.39 is 0 Å². The summed E-state index contributed by atoms with van der Waals surface area (Å²) in [5.41, 5.74) is 0.689. The van der Waals surface area contributed by atoms with Crippen molar-refractivity contribution < 1.29 is 9.15 Å². The zero-order chi connectivity index (χ0) is 18.2. The lowest BCUT2D eigenvalue weighted by Gasteiger charge is -2.28. The average molecular weight is 381 g/mol. The van der Waals surface area contributed by atoms with Gasteiger partial charge in [0.25, 0.3) is 11.8 Å². The molecule has 0 aliphatic carbocycles. The van der Waals surface area contributed by atoms with Gasteiger partial charge in [-0.25, -0.2) is 19.9 Å². The van der Waals surface area contributed by atoms with Crippen molar-refractivity contribution >= 4 is 27.4 Å². The molecule has 0 aromatic carbocycles. The highest BCUT2D eigenvalue weighted by atomic mass is 32.1. The Kier molecular flexibility index (Phi) is 3.98. The van der Waals surface area contributed by atoms with Gasteiger partial charge in [0.1, 0.15) is 22.8 Å². The summed E-state index contributed by atoms with van der Waals surface area (Å²) in [6, 6.07) is 2.01. The molecule has 0 unspecified atom stereocenters. The second kappa shape index (κ2) is 6.63. The van der Waals surface area contributed by atoms with Crippen molar-refractivity contribution in [2.75, 3.05) is 31.2 Å². The molecule has 5 rings (SSSR count). The maximum Gasteiger partial charge on any atom is 0.258 e. The molecule has 1 aliphatic rings. The smallest absolute Gasteiger partial charge is 0.258 e. The first-order valence-corrected chi connectivity index (χ1v) is 9.30. The fourth-order valence-electron chi connectivity index (χ4n) is 2.92. The topological polar surface area (TPSA) is 103 Å². The summed E-state index contributed by atoms with van der Waals surface area (Å²) in [4.78, 5) is 21.2. The lowest BCUT2D eigenvalue weighted by molar-refractivity contribution is 0.122. The fraction of sp³-hybridized carbons (Fsp3) is 0.294. The van der Waals surface area contributed by atoms with Gasteiger partial charge in [-0.1, -0.05) is 0 Å². The van der Waals surface area contributed by atoms with E-state index in [9.17, 15) is 0 Å². The predicted octanol–water partition coefficient (Wildman–Crippen LogP) is 2.34. The Labute approximate surface area is 158 Å². The number of nitrogens with zero attached hydrogens (tertiary/aromatic N) is 7. The quantitative estimate of drug-likeness (QED) is 0.529. The number of morpholine rings is 1. The van der Waals surface area contributed by atoms with E-state index in [0.717, 1.165) is 34.0 Å². The molecule has 9 nitrogen and oxygen atoms in total. The number of ether oxygens (including phenoxy) is 1. The Morgan fingerprint density at radius 2 is 1.78 bits per heavy atom. The van der Waals surface area contributed by atoms with Crippen LogP contribution >= 0.6 is 11.3 Å². The SMILES string of the molecule is Cc1ncc(-c2nnc(-c3cc4c(N5CCOCC5)ncnc4s3)o2)cn1. The first kappa shape index (κ1) is 16.2. The Balaban J connectivity index is 1.51. The van der Waals surface area contributed by atoms with Gasteiger partial charge < -0.3 is 14.1 Å². The molecule has 0 spiro atoms. The van der Waals surface area contributed by atoms with Crippen molar-refractivity contribution in [3.05, 3.63) is 30.6 Å². The fourth-order valence-corrected chi connectivity index (χ4v) is 3.83. The van der Waals surface area contributed by atoms with Crippen LogP contribution in [0.1, 0.15) is 5.82 Å². The van der Waals surface area contributed by atoms with Crippen molar-refractivity contribution in [2.24, 2.45) is 0 Å². The number of fused-ring (bicyclic) bond motifs is 1. The van der Waals surface area contributed by atoms with E-state index >= 15 is 0 Å². The third-order valence-electron chi connectivity index (χ3n) is 4.28. The first-order chi connectivity index (χ1) is 13.3. The van der Waals surface area contributed by atoms with E-state index in [1.165, 1.54) is 11.3 Å². The molecule has 5 heterocycles. The molecule has 0 saturated carbocycles. The van der Waals surface area contributed by atoms with Crippen molar-refractivity contribution in [2.45, 2.75) is 6.92 Å². The van der Waals surface area contributed by atoms with E-state index in [-0.39, 0.29) is 0 Å². The van der Waals surface area contributed by atoms with Crippen LogP contribution in [-0.4, -0.2) is 56.4 Å². The number of anilines is 1. The van der Waals surface area contributed by atoms with Crippen LogP contribution in [0.5, 0.6) is 0 Å². The van der Waals surface area contributed by atoms with Gasteiger partial charge in [0, 0.05) is 25.5 Å². The van der Waals surface area contributed by atoms with E-state index in [1.54, 1.807) is 18.7 Å². The summed E-state index contributed by atoms with van der Waals surface area (Å²) in [6.45, 7) is 4.86. The van der Waals surface area contributed by atoms with E-state index in [0.29, 0.717) is 36.4 Å². The second-order valence-electron chi connectivity index (χ2n) is 6.06. The molecular weight excluding hydrogens is 366 g/mol. The normalized spacial score (nSPS) is 14.8. The molecule has 1 fully saturated rings. The third-order valence-corrected chi connectivity index (χ3v) is 5.31. The van der Waals surface area contributed by atoms with Gasteiger partial charge in [-0.2, -0.15) is 0 Å². The minimum atomic E-state index is 0.391. The zero-order valence-electron chi connectivity index (χ0n) is 14.5. The Morgan fingerprint density at radius 3 is 2.59 bits per heavy atom. The molecule has 4 aromatic heterocycles. The lowest BCUT2D eigenvalue weighted by Crippen LogP contribution is -2.36. The molecule has 0 radical (unpaired) electrons. The summed E-state index contributed by atoms with van der Waals surface area (Å²) < 4.78 is 11.3. The van der Waals surface area contributed by atoms with Crippen LogP contribution in [0.3, 0.4) is 0 Å². The molecule has 1 aliphatic heterocycles. The number of hydrogen-bond donors (Lipinski definition) is 0. The van der Waals surface area contributed by atoms with Crippen LogP contribution in [0.2, 0.25) is 0 Å². The highest BCUT2D eigenvalue weighted by molar-refractivity contribution is 7.21. The minimum Gasteiger partial charge on any atom is -0.415 e. The second-order valence-corrected chi connectivity index (χ2v) is 7.09. The van der Waals surface area contributed by atoms with Crippen molar-refractivity contribution in [3.8, 4) is 22.2 Å². The van der Waals surface area contributed by atoms with Gasteiger partial charge >= 0.3 is 0 Å². The van der Waals surface area contributed by atoms with Crippen LogP contribution in [-0.2, 0) is 4.74 Å². The van der Waals surface area contributed by atoms with Crippen molar-refractivity contribution in [1.29, 1.82) is 0 Å². The minimum absolute atomic E-state index is 0.391. The molecule has 0 N–H and O–H groups in total. The number of aromatic nitrogens is 6. The molecule has 10 heteroatoms. The van der Waals surface area contributed by atoms with Crippen molar-refractivity contribution in [1.82, 2.24) is 30.1 Å². The number of thiophene rings is 1. The average Bonchev–Trinajstić information content (AvgIpc) is 3.36. The standard InChI is InChI=1S/C17H15N7O2S/c1-10-18-7-11(8-19-10)15-22-23-16(26-15)13-6-12-14(20-9-21-17(12)27-13)24-2-4-25-5-3-24/h6-9H,2-5H2,1H3. The van der Waals surface area contributed by atoms with Crippen LogP contribution in [0.15, 0.2) is 29.2 Å². The van der Waals surface area contributed by atoms with Gasteiger partial charge in [-0.05, 0) is 13.0 Å². The van der Waals surface area contributed by atoms with Crippen LogP contribution in [0, 0.1) is 6.92 Å². The highest BCUT2D eigenvalue weighted by Crippen LogP contribution is 2.36. The Hall–Kier alpha value is -2.98. The molecule has 1 saturated heterocycles. The predicted molar refractivity (Wildman–Crippen MR) is 99.5 cm³/mol. The van der Waals surface area contributed by atoms with Gasteiger partial charge in [-0.3, -0.25) is 0 Å². The Morgan fingerprint density at radius 1 is 1.00 bits per heavy atom. The summed E-state index contributed by atoms with van der Waals surface area (Å²) in [7, 11) is 0. The van der Waals surface area contributed by atoms with E-state index in [1.807, 2.05) is 13.0 Å². The lowest BCUT2D eigenvalue weighted by atomic mass is 10.3. The molecule has 27 heavy (non-hydrogen) atoms. The monoisotopic (exact) mass is 381 g/mol. The molecule has 0 bridgehead atoms. The molecule has 136 valence electrons. The third kappa shape index (κ3) is 3.02. The van der Waals surface area contributed by atoms with E-state index in [4.69, 9.17) is 9.15 Å². The van der Waals surface area contributed by atoms with Gasteiger partial charge in [0.05, 0.1) is 29.0 Å². The molecule has 0 atom stereocenters. The van der Waals surface area contributed by atoms with Gasteiger partial charge in [-0.15, -0.1) is 21.5 Å². The maximum atomic E-state index is 5.84. The van der Waals surface area contributed by atoms with E-state index in [2.05, 4.69) is 35.0 Å². The highest BCUT2D eigenvalue weighted by Gasteiger charge is 2.20. The van der Waals surface area contributed by atoms with Crippen LogP contribution < -0.4 is 4.90 Å². The summed E-state index contributed by atoms with van der Waals surface area (Å²) in [5.74, 6) is 2.44. The van der Waals surface area contributed by atoms with Crippen LogP contribution in [0.25, 0.3) is 32.4 Å². The molecular formula is C17H15N7O2S. The van der Waals surface area contributed by atoms with Gasteiger partial charge in [0.15, 0.2) is 0 Å². The first-order valence-electron chi connectivity index (χ1n) is 8.48. The molecule has 4 aromatic rings. The number of aryl methyl sites for hydroxylation is 1. The number of hydrogen-bond acceptors (Lipinski definition) is 10. The summed E-state index contributed by atoms with van der Waals surface area (Å²) >= 11 is 1.50. The van der Waals surface area contributed by atoms with Gasteiger partial charge in [0.2, 0.25) is 0 Å². The summed E-state index contributed by atoms with van der Waals surface area (Å²) in [6.07, 6.45) is 4.94. The number of rotatable bonds is 3. The van der Waals surface area contributed by atoms with Crippen molar-refractivity contribution in [3.63, 3.8) is 0 Å². The maximum absolute atomic E-state index is 5.84. The largest absolute Gasteiger partial charge is 0.415 e. The Bertz CT molecular complexity index is 1090. The van der Waals surface area contributed by atoms with Crippen LogP contribution in [0.4, 0.5) is 5.82 Å². The summed E-state index contributed by atoms with van der Waals surface area (Å²) in [5, 5.41) is 9.29.